The Morgan fingerprint density at radius 3 is 2.44 bits per heavy atom. The van der Waals surface area contributed by atoms with Gasteiger partial charge in [-0.3, -0.25) is 0 Å². The molecule has 86 valence electrons. The van der Waals surface area contributed by atoms with Crippen LogP contribution in [0.1, 0.15) is 11.3 Å². The summed E-state index contributed by atoms with van der Waals surface area (Å²) in [5.74, 6) is 0.882. The van der Waals surface area contributed by atoms with Crippen LogP contribution in [0.15, 0.2) is 48.5 Å². The van der Waals surface area contributed by atoms with Gasteiger partial charge in [0.2, 0.25) is 0 Å². The molecule has 2 aromatic carbocycles. The van der Waals surface area contributed by atoms with Crippen molar-refractivity contribution in [3.05, 3.63) is 59.8 Å². The summed E-state index contributed by atoms with van der Waals surface area (Å²) in [6.07, 6.45) is 0.844. The molecule has 0 atom stereocenters. The first-order valence-electron chi connectivity index (χ1n) is 6.01. The largest absolute Gasteiger partial charge is 0.338 e. The van der Waals surface area contributed by atoms with Crippen LogP contribution >= 0.6 is 0 Å². The van der Waals surface area contributed by atoms with Gasteiger partial charge >= 0.3 is 0 Å². The van der Waals surface area contributed by atoms with Crippen LogP contribution in [-0.4, -0.2) is 9.97 Å². The lowest BCUT2D eigenvalue weighted by Gasteiger charge is -2.19. The Kier molecular flexibility index (Phi) is 1.88. The van der Waals surface area contributed by atoms with Crippen molar-refractivity contribution in [2.24, 2.45) is 0 Å². The van der Waals surface area contributed by atoms with Crippen LogP contribution in [0.25, 0.3) is 11.0 Å². The highest BCUT2D eigenvalue weighted by molar-refractivity contribution is 5.79. The maximum atomic E-state index is 4.69. The second kappa shape index (κ2) is 3.53. The third kappa shape index (κ3) is 1.37. The minimum absolute atomic E-state index is 0.844. The third-order valence-electron chi connectivity index (χ3n) is 3.27. The van der Waals surface area contributed by atoms with E-state index >= 15 is 0 Å². The fourth-order valence-corrected chi connectivity index (χ4v) is 2.36. The molecule has 3 aromatic rings. The minimum atomic E-state index is 0.844. The maximum absolute atomic E-state index is 4.69. The maximum Gasteiger partial charge on any atom is 0.153 e. The number of hydrogen-bond donors (Lipinski definition) is 1. The molecule has 0 fully saturated rings. The first-order chi connectivity index (χ1) is 8.90. The lowest BCUT2D eigenvalue weighted by Crippen LogP contribution is -2.10. The summed E-state index contributed by atoms with van der Waals surface area (Å²) in [6.45, 7) is 0. The standard InChI is InChI=1S/C15H11N3/c1-2-6-11-10(5-1)9-14-15(17-11)18-13-8-4-3-7-12(13)16-14/h1-8H,9H2,(H,17,18). The quantitative estimate of drug-likeness (QED) is 0.506. The number of aromatic nitrogens is 2. The summed E-state index contributed by atoms with van der Waals surface area (Å²) >= 11 is 0. The van der Waals surface area contributed by atoms with E-state index in [9.17, 15) is 0 Å². The van der Waals surface area contributed by atoms with E-state index in [1.54, 1.807) is 0 Å². The summed E-state index contributed by atoms with van der Waals surface area (Å²) in [4.78, 5) is 9.33. The Morgan fingerprint density at radius 2 is 1.56 bits per heavy atom. The molecule has 18 heavy (non-hydrogen) atoms. The van der Waals surface area contributed by atoms with Crippen molar-refractivity contribution >= 4 is 22.5 Å². The minimum Gasteiger partial charge on any atom is -0.338 e. The molecule has 0 unspecified atom stereocenters. The zero-order chi connectivity index (χ0) is 11.9. The molecule has 0 amide bonds. The van der Waals surface area contributed by atoms with Gasteiger partial charge in [0.15, 0.2) is 5.82 Å². The molecule has 3 heteroatoms. The Balaban J connectivity index is 1.92. The second-order valence-electron chi connectivity index (χ2n) is 4.47. The molecule has 0 saturated carbocycles. The number of hydrogen-bond acceptors (Lipinski definition) is 3. The van der Waals surface area contributed by atoms with E-state index in [1.807, 2.05) is 30.3 Å². The fraction of sp³-hybridized carbons (Fsp3) is 0.0667. The van der Waals surface area contributed by atoms with Gasteiger partial charge in [0.25, 0.3) is 0 Å². The summed E-state index contributed by atoms with van der Waals surface area (Å²) in [7, 11) is 0. The summed E-state index contributed by atoms with van der Waals surface area (Å²) in [6, 6.07) is 16.3. The molecule has 3 nitrogen and oxygen atoms in total. The normalized spacial score (nSPS) is 12.7. The highest BCUT2D eigenvalue weighted by Crippen LogP contribution is 2.31. The van der Waals surface area contributed by atoms with Gasteiger partial charge in [-0.05, 0) is 23.8 Å². The van der Waals surface area contributed by atoms with Crippen LogP contribution in [0.2, 0.25) is 0 Å². The predicted molar refractivity (Wildman–Crippen MR) is 72.1 cm³/mol. The van der Waals surface area contributed by atoms with Gasteiger partial charge in [-0.2, -0.15) is 0 Å². The van der Waals surface area contributed by atoms with Crippen LogP contribution < -0.4 is 5.32 Å². The Morgan fingerprint density at radius 1 is 0.833 bits per heavy atom. The highest BCUT2D eigenvalue weighted by Gasteiger charge is 2.17. The number of anilines is 2. The molecule has 0 aliphatic carbocycles. The molecule has 1 aromatic heterocycles. The molecular weight excluding hydrogens is 222 g/mol. The molecule has 0 bridgehead atoms. The van der Waals surface area contributed by atoms with E-state index in [1.165, 1.54) is 5.56 Å². The van der Waals surface area contributed by atoms with Crippen molar-refractivity contribution in [3.8, 4) is 0 Å². The smallest absolute Gasteiger partial charge is 0.153 e. The Hall–Kier alpha value is -2.42. The van der Waals surface area contributed by atoms with Gasteiger partial charge in [0.1, 0.15) is 0 Å². The average molecular weight is 233 g/mol. The van der Waals surface area contributed by atoms with E-state index in [-0.39, 0.29) is 0 Å². The van der Waals surface area contributed by atoms with Crippen molar-refractivity contribution in [2.75, 3.05) is 5.32 Å². The lowest BCUT2D eigenvalue weighted by molar-refractivity contribution is 1.04. The van der Waals surface area contributed by atoms with E-state index in [0.29, 0.717) is 0 Å². The predicted octanol–water partition coefficient (Wildman–Crippen LogP) is 3.28. The molecule has 0 spiro atoms. The van der Waals surface area contributed by atoms with Crippen LogP contribution in [0.5, 0.6) is 0 Å². The molecule has 2 heterocycles. The van der Waals surface area contributed by atoms with E-state index in [0.717, 1.165) is 34.7 Å². The average Bonchev–Trinajstić information content (AvgIpc) is 2.42. The number of benzene rings is 2. The van der Waals surface area contributed by atoms with E-state index < -0.39 is 0 Å². The van der Waals surface area contributed by atoms with Gasteiger partial charge in [-0.25, -0.2) is 9.97 Å². The van der Waals surface area contributed by atoms with Crippen molar-refractivity contribution in [2.45, 2.75) is 6.42 Å². The van der Waals surface area contributed by atoms with Gasteiger partial charge in [-0.1, -0.05) is 30.3 Å². The Bertz CT molecular complexity index is 686. The van der Waals surface area contributed by atoms with Crippen LogP contribution in [-0.2, 0) is 6.42 Å². The van der Waals surface area contributed by atoms with E-state index in [2.05, 4.69) is 33.5 Å². The number of rotatable bonds is 0. The topological polar surface area (TPSA) is 37.8 Å². The van der Waals surface area contributed by atoms with Gasteiger partial charge < -0.3 is 5.32 Å². The molecule has 4 rings (SSSR count). The zero-order valence-corrected chi connectivity index (χ0v) is 9.72. The monoisotopic (exact) mass is 233 g/mol. The zero-order valence-electron chi connectivity index (χ0n) is 9.72. The van der Waals surface area contributed by atoms with Gasteiger partial charge in [0.05, 0.1) is 16.7 Å². The number of nitrogens with one attached hydrogen (secondary N) is 1. The van der Waals surface area contributed by atoms with Crippen molar-refractivity contribution in [1.29, 1.82) is 0 Å². The summed E-state index contributed by atoms with van der Waals surface area (Å²) in [5, 5.41) is 3.36. The SMILES string of the molecule is c1ccc2c(c1)Cc1nc3ccccc3nc1N2. The molecular formula is C15H11N3. The lowest BCUT2D eigenvalue weighted by atomic mass is 10.0. The first-order valence-corrected chi connectivity index (χ1v) is 6.01. The molecule has 1 aliphatic heterocycles. The van der Waals surface area contributed by atoms with Crippen LogP contribution in [0.3, 0.4) is 0 Å². The van der Waals surface area contributed by atoms with E-state index in [4.69, 9.17) is 0 Å². The van der Waals surface area contributed by atoms with Crippen molar-refractivity contribution in [3.63, 3.8) is 0 Å². The number of nitrogens with zero attached hydrogens (tertiary/aromatic N) is 2. The summed E-state index contributed by atoms with van der Waals surface area (Å²) in [5.41, 5.74) is 5.32. The molecule has 1 N–H and O–H groups in total. The highest BCUT2D eigenvalue weighted by atomic mass is 15.0. The number of fused-ring (bicyclic) bond motifs is 3. The summed E-state index contributed by atoms with van der Waals surface area (Å²) < 4.78 is 0. The second-order valence-corrected chi connectivity index (χ2v) is 4.47. The van der Waals surface area contributed by atoms with Crippen molar-refractivity contribution in [1.82, 2.24) is 9.97 Å². The first kappa shape index (κ1) is 9.59. The van der Waals surface area contributed by atoms with Gasteiger partial charge in [0, 0.05) is 12.1 Å². The Labute approximate surface area is 105 Å². The van der Waals surface area contributed by atoms with Crippen molar-refractivity contribution < 1.29 is 0 Å². The van der Waals surface area contributed by atoms with Crippen LogP contribution in [0.4, 0.5) is 11.5 Å². The molecule has 1 aliphatic rings. The van der Waals surface area contributed by atoms with Gasteiger partial charge in [-0.15, -0.1) is 0 Å². The third-order valence-corrected chi connectivity index (χ3v) is 3.27. The number of para-hydroxylation sites is 3. The molecule has 0 radical (unpaired) electrons. The molecule has 0 saturated heterocycles. The van der Waals surface area contributed by atoms with Crippen LogP contribution in [0, 0.1) is 0 Å². The fourth-order valence-electron chi connectivity index (χ4n) is 2.36.